The normalized spacial score (nSPS) is 11.8. The van der Waals surface area contributed by atoms with Gasteiger partial charge in [0.1, 0.15) is 0 Å². The summed E-state index contributed by atoms with van der Waals surface area (Å²) in [5, 5.41) is 12.5. The fraction of sp³-hybridized carbons (Fsp3) is 0.667. The standard InChI is InChI=1S/C18H29OS/c1-6-8-10-14-12-16(20-18(3,4)5)13-15(17(14)19)11-9-7-2/h12-13H,6-11H2,1-5H3. The zero-order chi connectivity index (χ0) is 15.2. The van der Waals surface area contributed by atoms with Crippen molar-refractivity contribution < 1.29 is 5.11 Å². The first-order valence-corrected chi connectivity index (χ1v) is 8.70. The third-order valence-electron chi connectivity index (χ3n) is 3.24. The molecule has 0 aromatic heterocycles. The molecule has 0 heterocycles. The average Bonchev–Trinajstić information content (AvgIpc) is 2.35. The lowest BCUT2D eigenvalue weighted by Gasteiger charge is -2.19. The Morgan fingerprint density at radius 1 is 0.950 bits per heavy atom. The fourth-order valence-corrected chi connectivity index (χ4v) is 3.35. The molecule has 0 saturated heterocycles. The van der Waals surface area contributed by atoms with E-state index in [0.29, 0.717) is 5.75 Å². The second-order valence-corrected chi connectivity index (χ2v) is 8.39. The third kappa shape index (κ3) is 5.78. The van der Waals surface area contributed by atoms with Crippen LogP contribution >= 0.6 is 11.8 Å². The third-order valence-corrected chi connectivity index (χ3v) is 4.32. The summed E-state index contributed by atoms with van der Waals surface area (Å²) in [6.07, 6.45) is 6.33. The molecule has 20 heavy (non-hydrogen) atoms. The second kappa shape index (κ2) is 7.97. The van der Waals surface area contributed by atoms with Crippen LogP contribution in [0.1, 0.15) is 71.4 Å². The minimum absolute atomic E-state index is 0.189. The molecule has 0 aliphatic heterocycles. The van der Waals surface area contributed by atoms with Gasteiger partial charge in [-0.1, -0.05) is 47.5 Å². The van der Waals surface area contributed by atoms with Crippen LogP contribution in [0.3, 0.4) is 0 Å². The molecule has 0 fully saturated rings. The van der Waals surface area contributed by atoms with Gasteiger partial charge in [-0.25, -0.2) is 0 Å². The molecule has 2 heteroatoms. The summed E-state index contributed by atoms with van der Waals surface area (Å²) >= 11 is 1.87. The Hall–Kier alpha value is -0.630. The first-order valence-electron chi connectivity index (χ1n) is 7.89. The van der Waals surface area contributed by atoms with Crippen LogP contribution in [0.4, 0.5) is 0 Å². The van der Waals surface area contributed by atoms with Crippen molar-refractivity contribution in [1.29, 1.82) is 0 Å². The first kappa shape index (κ1) is 17.4. The highest BCUT2D eigenvalue weighted by Gasteiger charge is 2.16. The summed E-state index contributed by atoms with van der Waals surface area (Å²) in [4.78, 5) is 1.26. The fourth-order valence-electron chi connectivity index (χ4n) is 2.24. The van der Waals surface area contributed by atoms with Crippen LogP contribution in [-0.4, -0.2) is 4.75 Å². The number of aryl methyl sites for hydroxylation is 2. The van der Waals surface area contributed by atoms with E-state index in [-0.39, 0.29) is 4.75 Å². The zero-order valence-electron chi connectivity index (χ0n) is 13.7. The minimum atomic E-state index is 0.189. The van der Waals surface area contributed by atoms with Crippen LogP contribution in [0, 0.1) is 0 Å². The van der Waals surface area contributed by atoms with Crippen molar-refractivity contribution in [2.75, 3.05) is 0 Å². The summed E-state index contributed by atoms with van der Waals surface area (Å²) < 4.78 is 0.189. The number of hydrogen-bond acceptors (Lipinski definition) is 1. The summed E-state index contributed by atoms with van der Waals surface area (Å²) in [6, 6.07) is 4.26. The van der Waals surface area contributed by atoms with Gasteiger partial charge in [-0.05, 0) is 37.8 Å². The van der Waals surface area contributed by atoms with Gasteiger partial charge in [0.2, 0.25) is 0 Å². The monoisotopic (exact) mass is 293 g/mol. The molecule has 1 aromatic rings. The topological polar surface area (TPSA) is 19.9 Å². The molecule has 0 saturated carbocycles. The Kier molecular flexibility index (Phi) is 6.94. The van der Waals surface area contributed by atoms with Gasteiger partial charge in [0.15, 0.2) is 5.75 Å². The Bertz CT molecular complexity index is 389. The summed E-state index contributed by atoms with van der Waals surface area (Å²) in [5.74, 6) is 0.296. The van der Waals surface area contributed by atoms with Crippen molar-refractivity contribution in [2.24, 2.45) is 0 Å². The van der Waals surface area contributed by atoms with Crippen LogP contribution in [0.5, 0.6) is 5.75 Å². The van der Waals surface area contributed by atoms with E-state index in [1.54, 1.807) is 0 Å². The molecular weight excluding hydrogens is 264 g/mol. The molecule has 0 unspecified atom stereocenters. The van der Waals surface area contributed by atoms with Gasteiger partial charge in [0.05, 0.1) is 0 Å². The minimum Gasteiger partial charge on any atom is -0.289 e. The molecule has 0 N–H and O–H groups in total. The van der Waals surface area contributed by atoms with E-state index < -0.39 is 0 Å². The van der Waals surface area contributed by atoms with Crippen LogP contribution < -0.4 is 0 Å². The Labute approximate surface area is 129 Å². The number of rotatable bonds is 7. The predicted octanol–water partition coefficient (Wildman–Crippen LogP) is 6.41. The highest BCUT2D eigenvalue weighted by Crippen LogP contribution is 2.37. The molecule has 113 valence electrons. The number of unbranched alkanes of at least 4 members (excludes halogenated alkanes) is 2. The van der Waals surface area contributed by atoms with Gasteiger partial charge < -0.3 is 0 Å². The van der Waals surface area contributed by atoms with E-state index in [9.17, 15) is 5.11 Å². The second-order valence-electron chi connectivity index (χ2n) is 6.49. The van der Waals surface area contributed by atoms with E-state index in [1.165, 1.54) is 4.90 Å². The van der Waals surface area contributed by atoms with Crippen LogP contribution in [-0.2, 0) is 17.9 Å². The lowest BCUT2D eigenvalue weighted by atomic mass is 10.0. The van der Waals surface area contributed by atoms with E-state index in [2.05, 4.69) is 46.8 Å². The van der Waals surface area contributed by atoms with Gasteiger partial charge in [-0.15, -0.1) is 11.8 Å². The largest absolute Gasteiger partial charge is 0.289 e. The van der Waals surface area contributed by atoms with E-state index >= 15 is 0 Å². The van der Waals surface area contributed by atoms with E-state index in [4.69, 9.17) is 0 Å². The molecule has 0 atom stereocenters. The van der Waals surface area contributed by atoms with Crippen LogP contribution in [0.25, 0.3) is 0 Å². The van der Waals surface area contributed by atoms with Crippen molar-refractivity contribution >= 4 is 11.8 Å². The average molecular weight is 293 g/mol. The summed E-state index contributed by atoms with van der Waals surface area (Å²) in [6.45, 7) is 11.0. The SMILES string of the molecule is CCCCc1cc(SC(C)(C)C)cc(CCCC)c1[O]. The van der Waals surface area contributed by atoms with Crippen molar-refractivity contribution in [2.45, 2.75) is 82.8 Å². The molecule has 0 spiro atoms. The predicted molar refractivity (Wildman–Crippen MR) is 89.4 cm³/mol. The van der Waals surface area contributed by atoms with Crippen molar-refractivity contribution in [3.8, 4) is 5.75 Å². The molecular formula is C18H29OS. The molecule has 1 nitrogen and oxygen atoms in total. The van der Waals surface area contributed by atoms with Gasteiger partial charge in [-0.2, -0.15) is 0 Å². The first-order chi connectivity index (χ1) is 9.37. The summed E-state index contributed by atoms with van der Waals surface area (Å²) in [7, 11) is 0. The summed E-state index contributed by atoms with van der Waals surface area (Å²) in [5.41, 5.74) is 2.04. The van der Waals surface area contributed by atoms with Gasteiger partial charge >= 0.3 is 0 Å². The number of hydrogen-bond donors (Lipinski definition) is 0. The van der Waals surface area contributed by atoms with Crippen molar-refractivity contribution in [1.82, 2.24) is 0 Å². The number of benzene rings is 1. The van der Waals surface area contributed by atoms with Gasteiger partial charge in [-0.3, -0.25) is 5.11 Å². The lowest BCUT2D eigenvalue weighted by molar-refractivity contribution is 0.343. The maximum atomic E-state index is 12.5. The molecule has 0 aliphatic carbocycles. The Balaban J connectivity index is 3.05. The smallest absolute Gasteiger partial charge is 0.185 e. The van der Waals surface area contributed by atoms with Crippen LogP contribution in [0.2, 0.25) is 0 Å². The molecule has 1 radical (unpaired) electrons. The van der Waals surface area contributed by atoms with Crippen molar-refractivity contribution in [3.05, 3.63) is 23.3 Å². The maximum absolute atomic E-state index is 12.5. The number of thioether (sulfide) groups is 1. The van der Waals surface area contributed by atoms with E-state index in [0.717, 1.165) is 49.7 Å². The molecule has 0 amide bonds. The van der Waals surface area contributed by atoms with Gasteiger partial charge in [0, 0.05) is 20.8 Å². The van der Waals surface area contributed by atoms with E-state index in [1.807, 2.05) is 11.8 Å². The molecule has 0 aliphatic rings. The van der Waals surface area contributed by atoms with Gasteiger partial charge in [0.25, 0.3) is 0 Å². The molecule has 0 bridgehead atoms. The highest BCUT2D eigenvalue weighted by atomic mass is 32.2. The molecule has 1 rings (SSSR count). The van der Waals surface area contributed by atoms with Crippen LogP contribution in [0.15, 0.2) is 17.0 Å². The maximum Gasteiger partial charge on any atom is 0.185 e. The highest BCUT2D eigenvalue weighted by molar-refractivity contribution is 8.00. The Morgan fingerprint density at radius 3 is 1.75 bits per heavy atom. The molecule has 1 aromatic carbocycles. The lowest BCUT2D eigenvalue weighted by Crippen LogP contribution is -2.07. The van der Waals surface area contributed by atoms with Crippen molar-refractivity contribution in [3.63, 3.8) is 0 Å². The zero-order valence-corrected chi connectivity index (χ0v) is 14.5. The quantitative estimate of drug-likeness (QED) is 0.532. The Morgan fingerprint density at radius 2 is 1.40 bits per heavy atom.